The number of nitrogen functional groups attached to an aromatic ring is 1. The fourth-order valence-corrected chi connectivity index (χ4v) is 5.26. The fraction of sp³-hybridized carbons (Fsp3) is 0.739. The monoisotopic (exact) mass is 460 g/mol. The van der Waals surface area contributed by atoms with Gasteiger partial charge < -0.3 is 25.3 Å². The molecule has 0 radical (unpaired) electrons. The minimum atomic E-state index is -0.366. The van der Waals surface area contributed by atoms with Crippen molar-refractivity contribution in [1.82, 2.24) is 24.8 Å². The molecule has 0 spiro atoms. The lowest BCUT2D eigenvalue weighted by atomic mass is 9.76. The van der Waals surface area contributed by atoms with E-state index < -0.39 is 0 Å². The maximum atomic E-state index is 13.9. The number of fused-ring (bicyclic) bond motifs is 1. The molecule has 2 saturated heterocycles. The van der Waals surface area contributed by atoms with Crippen LogP contribution in [0.2, 0.25) is 0 Å². The van der Waals surface area contributed by atoms with Crippen molar-refractivity contribution >= 4 is 22.9 Å². The van der Waals surface area contributed by atoms with E-state index in [1.54, 1.807) is 0 Å². The van der Waals surface area contributed by atoms with Gasteiger partial charge in [0.2, 0.25) is 0 Å². The summed E-state index contributed by atoms with van der Waals surface area (Å²) in [5.74, 6) is 0.603. The van der Waals surface area contributed by atoms with Crippen LogP contribution in [0.1, 0.15) is 64.6 Å². The summed E-state index contributed by atoms with van der Waals surface area (Å²) in [7, 11) is 1.48. The molecule has 0 aliphatic carbocycles. The Morgan fingerprint density at radius 3 is 2.82 bits per heavy atom. The van der Waals surface area contributed by atoms with Gasteiger partial charge in [0.05, 0.1) is 24.9 Å². The van der Waals surface area contributed by atoms with Crippen LogP contribution in [0.5, 0.6) is 12.0 Å². The van der Waals surface area contributed by atoms with Crippen molar-refractivity contribution in [3.63, 3.8) is 0 Å². The van der Waals surface area contributed by atoms with Crippen molar-refractivity contribution in [2.45, 2.75) is 77.5 Å². The Balaban J connectivity index is 1.68. The normalized spacial score (nSPS) is 25.8. The van der Waals surface area contributed by atoms with Crippen LogP contribution in [0.3, 0.4) is 0 Å². The van der Waals surface area contributed by atoms with E-state index in [0.717, 1.165) is 38.6 Å². The summed E-state index contributed by atoms with van der Waals surface area (Å²) in [6.07, 6.45) is 4.57. The van der Waals surface area contributed by atoms with Crippen molar-refractivity contribution in [3.05, 3.63) is 0 Å². The molecule has 2 aromatic heterocycles. The number of carbonyl (C=O) groups excluding carboxylic acids is 1. The lowest BCUT2D eigenvalue weighted by Crippen LogP contribution is -2.45. The summed E-state index contributed by atoms with van der Waals surface area (Å²) in [4.78, 5) is 27.0. The number of rotatable bonds is 7. The second-order valence-corrected chi connectivity index (χ2v) is 9.80. The van der Waals surface area contributed by atoms with Crippen molar-refractivity contribution < 1.29 is 19.0 Å². The Bertz CT molecular complexity index is 1010. The van der Waals surface area contributed by atoms with Gasteiger partial charge in [-0.3, -0.25) is 4.79 Å². The smallest absolute Gasteiger partial charge is 0.320 e. The second-order valence-electron chi connectivity index (χ2n) is 9.80. The van der Waals surface area contributed by atoms with Crippen molar-refractivity contribution in [3.8, 4) is 12.0 Å². The Kier molecular flexibility index (Phi) is 6.76. The van der Waals surface area contributed by atoms with Crippen LogP contribution in [0.4, 0.5) is 5.82 Å². The van der Waals surface area contributed by atoms with E-state index in [1.165, 1.54) is 11.7 Å². The van der Waals surface area contributed by atoms with Crippen molar-refractivity contribution in [1.29, 1.82) is 0 Å². The summed E-state index contributed by atoms with van der Waals surface area (Å²) in [5.41, 5.74) is 6.63. The first kappa shape index (κ1) is 23.7. The first-order chi connectivity index (χ1) is 15.7. The number of hydrogen-bond acceptors (Lipinski definition) is 9. The number of imidazole rings is 1. The molecule has 2 fully saturated rings. The minimum absolute atomic E-state index is 0.0708. The Hall–Kier alpha value is -2.46. The third-order valence-corrected chi connectivity index (χ3v) is 6.76. The third kappa shape index (κ3) is 4.77. The predicted molar refractivity (Wildman–Crippen MR) is 125 cm³/mol. The molecule has 4 atom stereocenters. The van der Waals surface area contributed by atoms with Gasteiger partial charge >= 0.3 is 12.0 Å². The molecule has 0 aromatic carbocycles. The largest absolute Gasteiger partial charge is 0.468 e. The summed E-state index contributed by atoms with van der Waals surface area (Å²) >= 11 is 0. The highest BCUT2D eigenvalue weighted by molar-refractivity contribution is 5.96. The topological polar surface area (TPSA) is 126 Å². The zero-order chi connectivity index (χ0) is 23.8. The van der Waals surface area contributed by atoms with E-state index in [9.17, 15) is 4.79 Å². The molecule has 2 aromatic rings. The van der Waals surface area contributed by atoms with E-state index in [1.807, 2.05) is 6.92 Å². The quantitative estimate of drug-likeness (QED) is 0.641. The van der Waals surface area contributed by atoms with Gasteiger partial charge in [-0.25, -0.2) is 4.57 Å². The lowest BCUT2D eigenvalue weighted by Gasteiger charge is -2.39. The molecular weight excluding hydrogens is 424 g/mol. The first-order valence-corrected chi connectivity index (χ1v) is 11.9. The van der Waals surface area contributed by atoms with E-state index in [0.29, 0.717) is 23.7 Å². The molecule has 10 heteroatoms. The molecule has 2 unspecified atom stereocenters. The van der Waals surface area contributed by atoms with Crippen molar-refractivity contribution in [2.75, 3.05) is 26.0 Å². The average Bonchev–Trinajstić information content (AvgIpc) is 3.38. The van der Waals surface area contributed by atoms with Gasteiger partial charge in [-0.2, -0.15) is 15.0 Å². The van der Waals surface area contributed by atoms with Gasteiger partial charge in [-0.05, 0) is 64.8 Å². The highest BCUT2D eigenvalue weighted by Crippen LogP contribution is 2.39. The van der Waals surface area contributed by atoms with Crippen LogP contribution in [-0.2, 0) is 4.74 Å². The number of carbonyl (C=O) groups is 1. The summed E-state index contributed by atoms with van der Waals surface area (Å²) < 4.78 is 18.6. The zero-order valence-corrected chi connectivity index (χ0v) is 20.3. The minimum Gasteiger partial charge on any atom is -0.468 e. The number of nitrogens with zero attached hydrogens (tertiary/aromatic N) is 4. The van der Waals surface area contributed by atoms with Crippen LogP contribution < -0.4 is 20.5 Å². The SMILES string of the molecule is CCC[C@H](C)Oc1nc(N)c2nc(OC)n(C(=O)[C@H]3NCCC3C3CCOC(C)(C)C3)c2n1. The molecule has 0 bridgehead atoms. The highest BCUT2D eigenvalue weighted by atomic mass is 16.5. The number of anilines is 1. The molecule has 0 amide bonds. The van der Waals surface area contributed by atoms with Gasteiger partial charge in [-0.15, -0.1) is 0 Å². The van der Waals surface area contributed by atoms with Crippen LogP contribution in [0.15, 0.2) is 0 Å². The van der Waals surface area contributed by atoms with Gasteiger partial charge in [0, 0.05) is 6.61 Å². The number of nitrogens with two attached hydrogens (primary N) is 1. The zero-order valence-electron chi connectivity index (χ0n) is 20.3. The molecule has 33 heavy (non-hydrogen) atoms. The fourth-order valence-electron chi connectivity index (χ4n) is 5.26. The Morgan fingerprint density at radius 1 is 1.33 bits per heavy atom. The third-order valence-electron chi connectivity index (χ3n) is 6.76. The van der Waals surface area contributed by atoms with E-state index in [4.69, 9.17) is 19.9 Å². The maximum Gasteiger partial charge on any atom is 0.320 e. The van der Waals surface area contributed by atoms with Crippen LogP contribution in [-0.4, -0.2) is 63.4 Å². The Labute approximate surface area is 194 Å². The van der Waals surface area contributed by atoms with Gasteiger partial charge in [0.25, 0.3) is 5.91 Å². The maximum absolute atomic E-state index is 13.9. The van der Waals surface area contributed by atoms with Gasteiger partial charge in [0.1, 0.15) is 0 Å². The molecular formula is C23H36N6O4. The molecule has 4 heterocycles. The Morgan fingerprint density at radius 2 is 2.12 bits per heavy atom. The van der Waals surface area contributed by atoms with Gasteiger partial charge in [0.15, 0.2) is 17.0 Å². The summed E-state index contributed by atoms with van der Waals surface area (Å²) in [6, 6.07) is -0.0797. The number of ether oxygens (including phenoxy) is 3. The number of methoxy groups -OCH3 is 1. The molecule has 2 aliphatic rings. The molecule has 4 rings (SSSR count). The summed E-state index contributed by atoms with van der Waals surface area (Å²) in [6.45, 7) is 9.78. The lowest BCUT2D eigenvalue weighted by molar-refractivity contribution is -0.0827. The van der Waals surface area contributed by atoms with E-state index >= 15 is 0 Å². The van der Waals surface area contributed by atoms with Crippen molar-refractivity contribution in [2.24, 2.45) is 11.8 Å². The van der Waals surface area contributed by atoms with E-state index in [2.05, 4.69) is 41.0 Å². The second kappa shape index (κ2) is 9.42. The molecule has 10 nitrogen and oxygen atoms in total. The standard InChI is InChI=1S/C23H36N6O4/c1-6-7-13(2)33-21-27-18(24)17-19(28-21)29(22(26-17)31-5)20(30)16-15(8-10-25-16)14-9-11-32-23(3,4)12-14/h13-16,25H,6-12H2,1-5H3,(H2,24,27,28)/t13-,14?,15?,16-/m0/s1. The number of nitrogens with one attached hydrogen (secondary N) is 1. The van der Waals surface area contributed by atoms with E-state index in [-0.39, 0.29) is 47.4 Å². The van der Waals surface area contributed by atoms with Crippen LogP contribution in [0.25, 0.3) is 11.2 Å². The molecule has 3 N–H and O–H groups in total. The molecule has 0 saturated carbocycles. The first-order valence-electron chi connectivity index (χ1n) is 11.9. The summed E-state index contributed by atoms with van der Waals surface area (Å²) in [5, 5.41) is 3.41. The molecule has 2 aliphatic heterocycles. The average molecular weight is 461 g/mol. The van der Waals surface area contributed by atoms with Gasteiger partial charge in [-0.1, -0.05) is 13.3 Å². The highest BCUT2D eigenvalue weighted by Gasteiger charge is 2.43. The van der Waals surface area contributed by atoms with Crippen LogP contribution >= 0.6 is 0 Å². The predicted octanol–water partition coefficient (Wildman–Crippen LogP) is 2.81. The number of hydrogen-bond donors (Lipinski definition) is 2. The molecule has 182 valence electrons. The van der Waals surface area contributed by atoms with Crippen LogP contribution in [0, 0.1) is 11.8 Å². The number of aromatic nitrogens is 4.